The van der Waals surface area contributed by atoms with E-state index < -0.39 is 0 Å². The van der Waals surface area contributed by atoms with E-state index in [1.807, 2.05) is 44.2 Å². The van der Waals surface area contributed by atoms with E-state index in [4.69, 9.17) is 4.74 Å². The maximum Gasteiger partial charge on any atom is 0.327 e. The Labute approximate surface area is 97.0 Å². The SMILES string of the molecule is CCN(CC)C(C(=O)OC)c1ccccc1. The van der Waals surface area contributed by atoms with Gasteiger partial charge in [0.15, 0.2) is 0 Å². The van der Waals surface area contributed by atoms with Crippen LogP contribution in [0.2, 0.25) is 0 Å². The largest absolute Gasteiger partial charge is 0.468 e. The van der Waals surface area contributed by atoms with Gasteiger partial charge in [-0.25, -0.2) is 4.79 Å². The smallest absolute Gasteiger partial charge is 0.327 e. The Morgan fingerprint density at radius 2 is 1.81 bits per heavy atom. The molecular weight excluding hydrogens is 202 g/mol. The van der Waals surface area contributed by atoms with Crippen LogP contribution < -0.4 is 0 Å². The summed E-state index contributed by atoms with van der Waals surface area (Å²) in [6, 6.07) is 9.45. The fourth-order valence-electron chi connectivity index (χ4n) is 1.83. The van der Waals surface area contributed by atoms with Crippen molar-refractivity contribution in [1.29, 1.82) is 0 Å². The van der Waals surface area contributed by atoms with E-state index in [2.05, 4.69) is 4.90 Å². The highest BCUT2D eigenvalue weighted by Gasteiger charge is 2.26. The summed E-state index contributed by atoms with van der Waals surface area (Å²) in [5.41, 5.74) is 0.984. The van der Waals surface area contributed by atoms with Crippen LogP contribution in [0.25, 0.3) is 0 Å². The topological polar surface area (TPSA) is 29.5 Å². The van der Waals surface area contributed by atoms with E-state index in [1.54, 1.807) is 0 Å². The summed E-state index contributed by atoms with van der Waals surface area (Å²) in [7, 11) is 1.43. The molecule has 88 valence electrons. The minimum atomic E-state index is -0.291. The number of nitrogens with zero attached hydrogens (tertiary/aromatic N) is 1. The number of carbonyl (C=O) groups is 1. The first-order valence-electron chi connectivity index (χ1n) is 5.61. The second-order valence-corrected chi connectivity index (χ2v) is 3.56. The summed E-state index contributed by atoms with van der Waals surface area (Å²) in [5, 5.41) is 0. The molecule has 0 heterocycles. The van der Waals surface area contributed by atoms with Gasteiger partial charge in [0.25, 0.3) is 0 Å². The minimum absolute atomic E-state index is 0.199. The lowest BCUT2D eigenvalue weighted by Gasteiger charge is -2.27. The molecule has 0 bridgehead atoms. The summed E-state index contributed by atoms with van der Waals surface area (Å²) in [5.74, 6) is -0.199. The van der Waals surface area contributed by atoms with Crippen molar-refractivity contribution in [3.8, 4) is 0 Å². The summed E-state index contributed by atoms with van der Waals surface area (Å²) >= 11 is 0. The van der Waals surface area contributed by atoms with Crippen LogP contribution >= 0.6 is 0 Å². The molecule has 0 fully saturated rings. The molecule has 1 aromatic rings. The number of likely N-dealkylation sites (N-methyl/N-ethyl adjacent to an activating group) is 1. The molecule has 0 aliphatic rings. The zero-order valence-electron chi connectivity index (χ0n) is 10.1. The third kappa shape index (κ3) is 2.83. The molecule has 0 saturated heterocycles. The fourth-order valence-corrected chi connectivity index (χ4v) is 1.83. The predicted molar refractivity (Wildman–Crippen MR) is 64.1 cm³/mol. The van der Waals surface area contributed by atoms with E-state index in [0.29, 0.717) is 0 Å². The molecule has 0 aromatic heterocycles. The Kier molecular flexibility index (Phi) is 4.99. The summed E-state index contributed by atoms with van der Waals surface area (Å²) in [4.78, 5) is 13.9. The number of ether oxygens (including phenoxy) is 1. The molecule has 1 rings (SSSR count). The Morgan fingerprint density at radius 3 is 2.25 bits per heavy atom. The second kappa shape index (κ2) is 6.28. The summed E-state index contributed by atoms with van der Waals surface area (Å²) < 4.78 is 4.87. The molecule has 0 spiro atoms. The molecule has 3 nitrogen and oxygen atoms in total. The fraction of sp³-hybridized carbons (Fsp3) is 0.462. The number of benzene rings is 1. The van der Waals surface area contributed by atoms with E-state index in [1.165, 1.54) is 7.11 Å². The van der Waals surface area contributed by atoms with Gasteiger partial charge in [-0.1, -0.05) is 44.2 Å². The van der Waals surface area contributed by atoms with Crippen molar-refractivity contribution in [2.24, 2.45) is 0 Å². The number of hydrogen-bond donors (Lipinski definition) is 0. The van der Waals surface area contributed by atoms with Crippen LogP contribution in [0.4, 0.5) is 0 Å². The van der Waals surface area contributed by atoms with Gasteiger partial charge in [0.05, 0.1) is 7.11 Å². The third-order valence-electron chi connectivity index (χ3n) is 2.72. The van der Waals surface area contributed by atoms with Crippen LogP contribution in [0.3, 0.4) is 0 Å². The number of hydrogen-bond acceptors (Lipinski definition) is 3. The zero-order chi connectivity index (χ0) is 12.0. The van der Waals surface area contributed by atoms with Gasteiger partial charge < -0.3 is 4.74 Å². The average molecular weight is 221 g/mol. The van der Waals surface area contributed by atoms with Gasteiger partial charge in [-0.05, 0) is 18.7 Å². The Morgan fingerprint density at radius 1 is 1.25 bits per heavy atom. The van der Waals surface area contributed by atoms with Gasteiger partial charge in [0.1, 0.15) is 6.04 Å². The van der Waals surface area contributed by atoms with Crippen LogP contribution in [0.15, 0.2) is 30.3 Å². The summed E-state index contributed by atoms with van der Waals surface area (Å²) in [6.45, 7) is 5.74. The Bertz CT molecular complexity index is 320. The van der Waals surface area contributed by atoms with Crippen LogP contribution in [0.5, 0.6) is 0 Å². The van der Waals surface area contributed by atoms with Gasteiger partial charge in [-0.15, -0.1) is 0 Å². The van der Waals surface area contributed by atoms with Gasteiger partial charge in [0, 0.05) is 0 Å². The lowest BCUT2D eigenvalue weighted by molar-refractivity contribution is -0.147. The molecule has 0 N–H and O–H groups in total. The van der Waals surface area contributed by atoms with Crippen molar-refractivity contribution >= 4 is 5.97 Å². The monoisotopic (exact) mass is 221 g/mol. The lowest BCUT2D eigenvalue weighted by Crippen LogP contribution is -2.34. The standard InChI is InChI=1S/C13H19NO2/c1-4-14(5-2)12(13(15)16-3)11-9-7-6-8-10-11/h6-10,12H,4-5H2,1-3H3. The van der Waals surface area contributed by atoms with Crippen LogP contribution in [-0.4, -0.2) is 31.1 Å². The molecule has 3 heteroatoms. The maximum absolute atomic E-state index is 11.8. The van der Waals surface area contributed by atoms with Crippen LogP contribution in [0.1, 0.15) is 25.5 Å². The zero-order valence-corrected chi connectivity index (χ0v) is 10.1. The van der Waals surface area contributed by atoms with Crippen LogP contribution in [0, 0.1) is 0 Å². The van der Waals surface area contributed by atoms with Crippen molar-refractivity contribution in [2.45, 2.75) is 19.9 Å². The van der Waals surface area contributed by atoms with Crippen molar-refractivity contribution in [3.05, 3.63) is 35.9 Å². The van der Waals surface area contributed by atoms with Crippen LogP contribution in [-0.2, 0) is 9.53 Å². The van der Waals surface area contributed by atoms with Crippen molar-refractivity contribution in [2.75, 3.05) is 20.2 Å². The molecule has 1 atom stereocenters. The molecule has 0 radical (unpaired) electrons. The van der Waals surface area contributed by atoms with E-state index in [0.717, 1.165) is 18.7 Å². The first kappa shape index (κ1) is 12.7. The average Bonchev–Trinajstić information content (AvgIpc) is 2.36. The molecule has 1 aromatic carbocycles. The van der Waals surface area contributed by atoms with Crippen molar-refractivity contribution in [3.63, 3.8) is 0 Å². The molecule has 0 aliphatic carbocycles. The quantitative estimate of drug-likeness (QED) is 0.714. The molecule has 0 amide bonds. The van der Waals surface area contributed by atoms with Gasteiger partial charge in [-0.2, -0.15) is 0 Å². The second-order valence-electron chi connectivity index (χ2n) is 3.56. The predicted octanol–water partition coefficient (Wildman–Crippen LogP) is 2.24. The summed E-state index contributed by atoms with van der Waals surface area (Å²) in [6.07, 6.45) is 0. The highest BCUT2D eigenvalue weighted by atomic mass is 16.5. The minimum Gasteiger partial charge on any atom is -0.468 e. The number of carbonyl (C=O) groups excluding carboxylic acids is 1. The lowest BCUT2D eigenvalue weighted by atomic mass is 10.1. The van der Waals surface area contributed by atoms with E-state index >= 15 is 0 Å². The molecule has 0 aliphatic heterocycles. The number of methoxy groups -OCH3 is 1. The first-order chi connectivity index (χ1) is 7.74. The van der Waals surface area contributed by atoms with Crippen molar-refractivity contribution in [1.82, 2.24) is 4.90 Å². The normalized spacial score (nSPS) is 12.5. The van der Waals surface area contributed by atoms with Crippen molar-refractivity contribution < 1.29 is 9.53 Å². The maximum atomic E-state index is 11.8. The third-order valence-corrected chi connectivity index (χ3v) is 2.72. The van der Waals surface area contributed by atoms with E-state index in [9.17, 15) is 4.79 Å². The highest BCUT2D eigenvalue weighted by molar-refractivity contribution is 5.77. The molecule has 1 unspecified atom stereocenters. The Hall–Kier alpha value is -1.35. The van der Waals surface area contributed by atoms with Gasteiger partial charge in [-0.3, -0.25) is 4.90 Å². The number of rotatable bonds is 5. The Balaban J connectivity index is 3.00. The molecule has 0 saturated carbocycles. The molecule has 16 heavy (non-hydrogen) atoms. The highest BCUT2D eigenvalue weighted by Crippen LogP contribution is 2.21. The van der Waals surface area contributed by atoms with Gasteiger partial charge >= 0.3 is 5.97 Å². The first-order valence-corrected chi connectivity index (χ1v) is 5.61. The van der Waals surface area contributed by atoms with Gasteiger partial charge in [0.2, 0.25) is 0 Å². The number of esters is 1. The molecular formula is C13H19NO2. The van der Waals surface area contributed by atoms with E-state index in [-0.39, 0.29) is 12.0 Å².